The number of piperazine rings is 1. The first-order valence-electron chi connectivity index (χ1n) is 7.84. The smallest absolute Gasteiger partial charge is 0.310 e. The molecular weight excluding hydrogens is 264 g/mol. The van der Waals surface area contributed by atoms with Gasteiger partial charge in [0.2, 0.25) is 0 Å². The van der Waals surface area contributed by atoms with Crippen LogP contribution in [0.1, 0.15) is 19.4 Å². The summed E-state index contributed by atoms with van der Waals surface area (Å²) in [5.41, 5.74) is 1.04. The van der Waals surface area contributed by atoms with Crippen LogP contribution in [0.25, 0.3) is 0 Å². The highest BCUT2D eigenvalue weighted by Crippen LogP contribution is 2.09. The minimum atomic E-state index is -0.100. The number of likely N-dealkylation sites (N-methyl/N-ethyl adjacent to an activating group) is 1. The zero-order valence-electron chi connectivity index (χ0n) is 13.1. The lowest BCUT2D eigenvalue weighted by atomic mass is 10.1. The Morgan fingerprint density at radius 2 is 1.76 bits per heavy atom. The number of carbonyl (C=O) groups excluding carboxylic acids is 1. The Hall–Kier alpha value is -1.39. The summed E-state index contributed by atoms with van der Waals surface area (Å²) in [6.45, 7) is 10.7. The minimum absolute atomic E-state index is 0.0677. The molecule has 0 bridgehead atoms. The highest BCUT2D eigenvalue weighted by molar-refractivity contribution is 5.72. The van der Waals surface area contributed by atoms with Gasteiger partial charge in [-0.1, -0.05) is 44.2 Å². The molecule has 2 rings (SSSR count). The molecule has 0 saturated carbocycles. The van der Waals surface area contributed by atoms with Gasteiger partial charge in [0.25, 0.3) is 0 Å². The topological polar surface area (TPSA) is 32.8 Å². The van der Waals surface area contributed by atoms with Gasteiger partial charge in [-0.05, 0) is 12.1 Å². The SMILES string of the molecule is CCN1CCN(CC(C)C(=O)OCc2ccccc2)CC1. The maximum atomic E-state index is 12.1. The fourth-order valence-corrected chi connectivity index (χ4v) is 2.62. The van der Waals surface area contributed by atoms with E-state index in [1.807, 2.05) is 37.3 Å². The van der Waals surface area contributed by atoms with Gasteiger partial charge in [-0.15, -0.1) is 0 Å². The molecule has 0 spiro atoms. The number of hydrogen-bond acceptors (Lipinski definition) is 4. The van der Waals surface area contributed by atoms with Crippen molar-refractivity contribution < 1.29 is 9.53 Å². The van der Waals surface area contributed by atoms with Crippen molar-refractivity contribution >= 4 is 5.97 Å². The van der Waals surface area contributed by atoms with Crippen molar-refractivity contribution in [2.45, 2.75) is 20.5 Å². The van der Waals surface area contributed by atoms with Crippen molar-refractivity contribution in [3.8, 4) is 0 Å². The zero-order chi connectivity index (χ0) is 15.1. The molecule has 0 radical (unpaired) electrons. The number of rotatable bonds is 6. The van der Waals surface area contributed by atoms with E-state index in [0.29, 0.717) is 6.61 Å². The van der Waals surface area contributed by atoms with Crippen LogP contribution in [-0.4, -0.2) is 55.0 Å². The van der Waals surface area contributed by atoms with E-state index >= 15 is 0 Å². The number of benzene rings is 1. The molecule has 0 aromatic heterocycles. The molecule has 1 aliphatic rings. The zero-order valence-corrected chi connectivity index (χ0v) is 13.1. The number of ether oxygens (including phenoxy) is 1. The lowest BCUT2D eigenvalue weighted by Gasteiger charge is -2.34. The van der Waals surface area contributed by atoms with Crippen molar-refractivity contribution in [2.75, 3.05) is 39.3 Å². The van der Waals surface area contributed by atoms with Crippen molar-refractivity contribution in [1.82, 2.24) is 9.80 Å². The molecule has 116 valence electrons. The van der Waals surface area contributed by atoms with Crippen molar-refractivity contribution in [2.24, 2.45) is 5.92 Å². The monoisotopic (exact) mass is 290 g/mol. The second-order valence-corrected chi connectivity index (χ2v) is 5.73. The third-order valence-electron chi connectivity index (χ3n) is 4.07. The molecule has 1 fully saturated rings. The largest absolute Gasteiger partial charge is 0.461 e. The second-order valence-electron chi connectivity index (χ2n) is 5.73. The summed E-state index contributed by atoms with van der Waals surface area (Å²) >= 11 is 0. The molecule has 21 heavy (non-hydrogen) atoms. The molecule has 0 amide bonds. The van der Waals surface area contributed by atoms with Gasteiger partial charge in [-0.25, -0.2) is 0 Å². The van der Waals surface area contributed by atoms with E-state index in [9.17, 15) is 4.79 Å². The third-order valence-corrected chi connectivity index (χ3v) is 4.07. The summed E-state index contributed by atoms with van der Waals surface area (Å²) < 4.78 is 5.40. The average Bonchev–Trinajstić information content (AvgIpc) is 2.54. The number of carbonyl (C=O) groups is 1. The molecule has 1 heterocycles. The molecule has 1 aromatic carbocycles. The predicted octanol–water partition coefficient (Wildman–Crippen LogP) is 2.00. The standard InChI is InChI=1S/C17H26N2O2/c1-3-18-9-11-19(12-10-18)13-15(2)17(20)21-14-16-7-5-4-6-8-16/h4-8,15H,3,9-14H2,1-2H3. The van der Waals surface area contributed by atoms with E-state index in [1.165, 1.54) is 0 Å². The van der Waals surface area contributed by atoms with E-state index in [1.54, 1.807) is 0 Å². The summed E-state index contributed by atoms with van der Waals surface area (Å²) in [6, 6.07) is 9.83. The van der Waals surface area contributed by atoms with E-state index in [0.717, 1.165) is 44.8 Å². The quantitative estimate of drug-likeness (QED) is 0.750. The molecule has 0 aliphatic carbocycles. The highest BCUT2D eigenvalue weighted by Gasteiger charge is 2.21. The normalized spacial score (nSPS) is 18.4. The minimum Gasteiger partial charge on any atom is -0.461 e. The summed E-state index contributed by atoms with van der Waals surface area (Å²) in [5.74, 6) is -0.168. The van der Waals surface area contributed by atoms with Crippen LogP contribution in [0.5, 0.6) is 0 Å². The van der Waals surface area contributed by atoms with Crippen LogP contribution in [0, 0.1) is 5.92 Å². The Morgan fingerprint density at radius 1 is 1.14 bits per heavy atom. The first kappa shape index (κ1) is 16.0. The first-order valence-corrected chi connectivity index (χ1v) is 7.84. The van der Waals surface area contributed by atoms with E-state index in [-0.39, 0.29) is 11.9 Å². The molecule has 4 nitrogen and oxygen atoms in total. The number of nitrogens with zero attached hydrogens (tertiary/aromatic N) is 2. The molecule has 1 aliphatic heterocycles. The number of hydrogen-bond donors (Lipinski definition) is 0. The van der Waals surface area contributed by atoms with Crippen LogP contribution in [-0.2, 0) is 16.1 Å². The lowest BCUT2D eigenvalue weighted by molar-refractivity contribution is -0.150. The molecule has 1 atom stereocenters. The lowest BCUT2D eigenvalue weighted by Crippen LogP contribution is -2.48. The van der Waals surface area contributed by atoms with Crippen molar-refractivity contribution in [1.29, 1.82) is 0 Å². The highest BCUT2D eigenvalue weighted by atomic mass is 16.5. The first-order chi connectivity index (χ1) is 10.2. The van der Waals surface area contributed by atoms with Crippen LogP contribution < -0.4 is 0 Å². The Morgan fingerprint density at radius 3 is 2.38 bits per heavy atom. The van der Waals surface area contributed by atoms with Gasteiger partial charge in [0.05, 0.1) is 5.92 Å². The fraction of sp³-hybridized carbons (Fsp3) is 0.588. The Balaban J connectivity index is 1.70. The molecule has 0 N–H and O–H groups in total. The summed E-state index contributed by atoms with van der Waals surface area (Å²) in [6.07, 6.45) is 0. The van der Waals surface area contributed by atoms with Crippen LogP contribution in [0.4, 0.5) is 0 Å². The van der Waals surface area contributed by atoms with Gasteiger partial charge in [0.1, 0.15) is 6.61 Å². The molecular formula is C17H26N2O2. The maximum absolute atomic E-state index is 12.1. The number of esters is 1. The fourth-order valence-electron chi connectivity index (χ4n) is 2.62. The van der Waals surface area contributed by atoms with Gasteiger partial charge < -0.3 is 9.64 Å². The molecule has 1 saturated heterocycles. The van der Waals surface area contributed by atoms with Crippen LogP contribution in [0.15, 0.2) is 30.3 Å². The van der Waals surface area contributed by atoms with Crippen LogP contribution in [0.2, 0.25) is 0 Å². The summed E-state index contributed by atoms with van der Waals surface area (Å²) in [4.78, 5) is 16.9. The summed E-state index contributed by atoms with van der Waals surface area (Å²) in [5, 5.41) is 0. The second kappa shape index (κ2) is 8.15. The van der Waals surface area contributed by atoms with Crippen molar-refractivity contribution in [3.05, 3.63) is 35.9 Å². The van der Waals surface area contributed by atoms with Gasteiger partial charge in [0.15, 0.2) is 0 Å². The van der Waals surface area contributed by atoms with Gasteiger partial charge in [-0.2, -0.15) is 0 Å². The molecule has 1 unspecified atom stereocenters. The molecule has 1 aromatic rings. The maximum Gasteiger partial charge on any atom is 0.310 e. The third kappa shape index (κ3) is 5.14. The van der Waals surface area contributed by atoms with E-state index in [4.69, 9.17) is 4.74 Å². The van der Waals surface area contributed by atoms with E-state index < -0.39 is 0 Å². The van der Waals surface area contributed by atoms with Gasteiger partial charge in [-0.3, -0.25) is 9.69 Å². The van der Waals surface area contributed by atoms with Crippen molar-refractivity contribution in [3.63, 3.8) is 0 Å². The van der Waals surface area contributed by atoms with Crippen LogP contribution >= 0.6 is 0 Å². The summed E-state index contributed by atoms with van der Waals surface area (Å²) in [7, 11) is 0. The Kier molecular flexibility index (Phi) is 6.21. The predicted molar refractivity (Wildman–Crippen MR) is 84.0 cm³/mol. The van der Waals surface area contributed by atoms with Crippen LogP contribution in [0.3, 0.4) is 0 Å². The average molecular weight is 290 g/mol. The Bertz CT molecular complexity index is 428. The van der Waals surface area contributed by atoms with Gasteiger partial charge in [0, 0.05) is 32.7 Å². The van der Waals surface area contributed by atoms with E-state index in [2.05, 4.69) is 16.7 Å². The molecule has 4 heteroatoms. The van der Waals surface area contributed by atoms with Gasteiger partial charge >= 0.3 is 5.97 Å². The Labute approximate surface area is 127 Å².